The van der Waals surface area contributed by atoms with Crippen molar-refractivity contribution in [2.24, 2.45) is 0 Å². The minimum atomic E-state index is -0.117. The summed E-state index contributed by atoms with van der Waals surface area (Å²) in [5.41, 5.74) is 3.51. The lowest BCUT2D eigenvalue weighted by molar-refractivity contribution is -0.121. The molecule has 0 spiro atoms. The molecule has 1 N–H and O–H groups in total. The minimum Gasteiger partial charge on any atom is -0.353 e. The molecular formula is C22H25N5O2S. The van der Waals surface area contributed by atoms with E-state index in [1.54, 1.807) is 27.1 Å². The highest BCUT2D eigenvalue weighted by Gasteiger charge is 2.26. The van der Waals surface area contributed by atoms with Gasteiger partial charge in [0.1, 0.15) is 0 Å². The van der Waals surface area contributed by atoms with Crippen molar-refractivity contribution in [2.75, 3.05) is 13.1 Å². The molecule has 0 radical (unpaired) electrons. The average molecular weight is 424 g/mol. The first-order chi connectivity index (χ1) is 14.5. The average Bonchev–Trinajstić information content (AvgIpc) is 3.39. The van der Waals surface area contributed by atoms with Crippen LogP contribution in [-0.4, -0.2) is 50.8 Å². The van der Waals surface area contributed by atoms with Gasteiger partial charge in [-0.05, 0) is 61.4 Å². The van der Waals surface area contributed by atoms with Gasteiger partial charge in [0.15, 0.2) is 5.69 Å². The summed E-state index contributed by atoms with van der Waals surface area (Å²) < 4.78 is 1.64. The van der Waals surface area contributed by atoms with E-state index >= 15 is 0 Å². The van der Waals surface area contributed by atoms with Gasteiger partial charge in [-0.25, -0.2) is 4.68 Å². The lowest BCUT2D eigenvalue weighted by atomic mass is 10.0. The number of amides is 2. The van der Waals surface area contributed by atoms with E-state index in [1.807, 2.05) is 43.5 Å². The SMILES string of the molecule is Cc1cc(C)cc(-n2cc(C(=O)N3CCC(NC(=O)Cc4cccs4)CC3)nn2)c1. The van der Waals surface area contributed by atoms with Crippen LogP contribution in [0.1, 0.15) is 39.3 Å². The van der Waals surface area contributed by atoms with E-state index in [0.717, 1.165) is 34.5 Å². The van der Waals surface area contributed by atoms with E-state index in [9.17, 15) is 9.59 Å². The van der Waals surface area contributed by atoms with Crippen LogP contribution in [0, 0.1) is 13.8 Å². The van der Waals surface area contributed by atoms with Gasteiger partial charge in [0.25, 0.3) is 5.91 Å². The predicted octanol–water partition coefficient (Wildman–Crippen LogP) is 2.91. The fraction of sp³-hybridized carbons (Fsp3) is 0.364. The summed E-state index contributed by atoms with van der Waals surface area (Å²) in [7, 11) is 0. The first-order valence-corrected chi connectivity index (χ1v) is 11.0. The van der Waals surface area contributed by atoms with Crippen molar-refractivity contribution in [1.29, 1.82) is 0 Å². The molecule has 1 fully saturated rings. The van der Waals surface area contributed by atoms with Crippen LogP contribution in [0.2, 0.25) is 0 Å². The Balaban J connectivity index is 1.32. The fourth-order valence-corrected chi connectivity index (χ4v) is 4.51. The van der Waals surface area contributed by atoms with Crippen molar-refractivity contribution in [1.82, 2.24) is 25.2 Å². The summed E-state index contributed by atoms with van der Waals surface area (Å²) in [6.07, 6.45) is 3.59. The summed E-state index contributed by atoms with van der Waals surface area (Å²) >= 11 is 1.59. The van der Waals surface area contributed by atoms with Crippen molar-refractivity contribution in [3.8, 4) is 5.69 Å². The summed E-state index contributed by atoms with van der Waals surface area (Å²) in [6.45, 7) is 5.25. The van der Waals surface area contributed by atoms with Crippen LogP contribution >= 0.6 is 11.3 Å². The number of thiophene rings is 1. The van der Waals surface area contributed by atoms with Gasteiger partial charge in [0.2, 0.25) is 5.91 Å². The highest BCUT2D eigenvalue weighted by molar-refractivity contribution is 7.10. The predicted molar refractivity (Wildman–Crippen MR) is 116 cm³/mol. The van der Waals surface area contributed by atoms with Crippen molar-refractivity contribution in [3.05, 3.63) is 63.6 Å². The van der Waals surface area contributed by atoms with Crippen LogP contribution in [0.5, 0.6) is 0 Å². The van der Waals surface area contributed by atoms with E-state index in [1.165, 1.54) is 0 Å². The molecule has 0 unspecified atom stereocenters. The Labute approximate surface area is 179 Å². The largest absolute Gasteiger partial charge is 0.353 e. The Hall–Kier alpha value is -3.00. The molecule has 8 heteroatoms. The molecule has 1 aliphatic heterocycles. The second-order valence-corrected chi connectivity index (χ2v) is 8.82. The van der Waals surface area contributed by atoms with Crippen LogP contribution in [0.3, 0.4) is 0 Å². The van der Waals surface area contributed by atoms with Gasteiger partial charge in [-0.15, -0.1) is 16.4 Å². The number of hydrogen-bond donors (Lipinski definition) is 1. The zero-order valence-electron chi connectivity index (χ0n) is 17.2. The maximum absolute atomic E-state index is 12.8. The lowest BCUT2D eigenvalue weighted by Crippen LogP contribution is -2.47. The van der Waals surface area contributed by atoms with Gasteiger partial charge >= 0.3 is 0 Å². The number of carbonyl (C=O) groups excluding carboxylic acids is 2. The molecule has 156 valence electrons. The summed E-state index contributed by atoms with van der Waals surface area (Å²) in [5, 5.41) is 13.3. The molecule has 0 atom stereocenters. The minimum absolute atomic E-state index is 0.0404. The van der Waals surface area contributed by atoms with Crippen molar-refractivity contribution < 1.29 is 9.59 Å². The first kappa shape index (κ1) is 20.3. The quantitative estimate of drug-likeness (QED) is 0.684. The number of benzene rings is 1. The van der Waals surface area contributed by atoms with Crippen LogP contribution in [0.25, 0.3) is 5.69 Å². The molecule has 4 rings (SSSR count). The topological polar surface area (TPSA) is 80.1 Å². The van der Waals surface area contributed by atoms with E-state index in [4.69, 9.17) is 0 Å². The van der Waals surface area contributed by atoms with E-state index < -0.39 is 0 Å². The van der Waals surface area contributed by atoms with E-state index in [0.29, 0.717) is 25.2 Å². The smallest absolute Gasteiger partial charge is 0.276 e. The number of aryl methyl sites for hydroxylation is 2. The Morgan fingerprint density at radius 2 is 1.90 bits per heavy atom. The molecule has 7 nitrogen and oxygen atoms in total. The highest BCUT2D eigenvalue weighted by atomic mass is 32.1. The Morgan fingerprint density at radius 1 is 1.17 bits per heavy atom. The van der Waals surface area contributed by atoms with E-state index in [-0.39, 0.29) is 17.9 Å². The van der Waals surface area contributed by atoms with Crippen LogP contribution in [0.4, 0.5) is 0 Å². The monoisotopic (exact) mass is 423 g/mol. The molecule has 0 bridgehead atoms. The third-order valence-electron chi connectivity index (χ3n) is 5.25. The molecular weight excluding hydrogens is 398 g/mol. The zero-order chi connectivity index (χ0) is 21.1. The summed E-state index contributed by atoms with van der Waals surface area (Å²) in [4.78, 5) is 27.9. The van der Waals surface area contributed by atoms with Gasteiger partial charge in [-0.2, -0.15) is 0 Å². The number of piperidine rings is 1. The molecule has 2 amide bonds. The Morgan fingerprint density at radius 3 is 2.57 bits per heavy atom. The lowest BCUT2D eigenvalue weighted by Gasteiger charge is -2.31. The Kier molecular flexibility index (Phi) is 5.94. The highest BCUT2D eigenvalue weighted by Crippen LogP contribution is 2.16. The van der Waals surface area contributed by atoms with Gasteiger partial charge in [0, 0.05) is 24.0 Å². The number of rotatable bonds is 5. The van der Waals surface area contributed by atoms with E-state index in [2.05, 4.69) is 21.7 Å². The molecule has 30 heavy (non-hydrogen) atoms. The third kappa shape index (κ3) is 4.76. The summed E-state index contributed by atoms with van der Waals surface area (Å²) in [5.74, 6) is -0.0763. The Bertz CT molecular complexity index is 1020. The van der Waals surface area contributed by atoms with Crippen molar-refractivity contribution in [3.63, 3.8) is 0 Å². The second kappa shape index (κ2) is 8.79. The molecule has 1 aromatic carbocycles. The standard InChI is InChI=1S/C22H25N5O2S/c1-15-10-16(2)12-18(11-15)27-14-20(24-25-27)22(29)26-7-5-17(6-8-26)23-21(28)13-19-4-3-9-30-19/h3-4,9-12,14,17H,5-8,13H2,1-2H3,(H,23,28). The number of aromatic nitrogens is 3. The molecule has 3 aromatic rings. The maximum Gasteiger partial charge on any atom is 0.276 e. The maximum atomic E-state index is 12.8. The van der Waals surface area contributed by atoms with Gasteiger partial charge < -0.3 is 10.2 Å². The number of nitrogens with one attached hydrogen (secondary N) is 1. The van der Waals surface area contributed by atoms with Gasteiger partial charge in [0.05, 0.1) is 18.3 Å². The molecule has 0 aliphatic carbocycles. The number of nitrogens with zero attached hydrogens (tertiary/aromatic N) is 4. The second-order valence-electron chi connectivity index (χ2n) is 7.78. The molecule has 1 aliphatic rings. The van der Waals surface area contributed by atoms with Gasteiger partial charge in [-0.1, -0.05) is 17.3 Å². The molecule has 0 saturated carbocycles. The van der Waals surface area contributed by atoms with Crippen LogP contribution < -0.4 is 5.32 Å². The zero-order valence-corrected chi connectivity index (χ0v) is 18.0. The fourth-order valence-electron chi connectivity index (χ4n) is 3.81. The number of carbonyl (C=O) groups is 2. The number of hydrogen-bond acceptors (Lipinski definition) is 5. The van der Waals surface area contributed by atoms with Gasteiger partial charge in [-0.3, -0.25) is 9.59 Å². The molecule has 3 heterocycles. The van der Waals surface area contributed by atoms with Crippen molar-refractivity contribution >= 4 is 23.2 Å². The first-order valence-electron chi connectivity index (χ1n) is 10.1. The van der Waals surface area contributed by atoms with Crippen molar-refractivity contribution in [2.45, 2.75) is 39.2 Å². The third-order valence-corrected chi connectivity index (χ3v) is 6.12. The molecule has 2 aromatic heterocycles. The molecule has 1 saturated heterocycles. The normalized spacial score (nSPS) is 14.7. The number of likely N-dealkylation sites (tertiary alicyclic amines) is 1. The summed E-state index contributed by atoms with van der Waals surface area (Å²) in [6, 6.07) is 10.1. The van der Waals surface area contributed by atoms with Crippen LogP contribution in [-0.2, 0) is 11.2 Å². The van der Waals surface area contributed by atoms with Crippen LogP contribution in [0.15, 0.2) is 41.9 Å².